The molecule has 1 fully saturated rings. The Morgan fingerprint density at radius 3 is 2.74 bits per heavy atom. The average Bonchev–Trinajstić information content (AvgIpc) is 2.47. The largest absolute Gasteiger partial charge is 0.384 e. The van der Waals surface area contributed by atoms with Gasteiger partial charge in [-0.25, -0.2) is 0 Å². The maximum atomic E-state index is 5.95. The van der Waals surface area contributed by atoms with Crippen LogP contribution in [0.2, 0.25) is 0 Å². The Bertz CT molecular complexity index is 539. The second-order valence-electron chi connectivity index (χ2n) is 5.54. The fourth-order valence-corrected chi connectivity index (χ4v) is 2.90. The first-order valence-electron chi connectivity index (χ1n) is 7.16. The Balaban J connectivity index is 1.68. The van der Waals surface area contributed by atoms with Crippen LogP contribution in [0.5, 0.6) is 0 Å². The number of fused-ring (bicyclic) bond motifs is 1. The van der Waals surface area contributed by atoms with Gasteiger partial charge in [-0.05, 0) is 43.7 Å². The van der Waals surface area contributed by atoms with Gasteiger partial charge in [0, 0.05) is 29.9 Å². The Hall–Kier alpha value is -1.61. The molecule has 0 unspecified atom stereocenters. The molecule has 0 radical (unpaired) electrons. The standard InChI is InChI=1S/C16H21N3/c17-13-7-5-12(6-8-13)11-19-16-9-10-18-15-4-2-1-3-14(15)16/h1-4,9-10,12-13H,5-8,11,17H2,(H,18,19). The van der Waals surface area contributed by atoms with Crippen molar-refractivity contribution in [3.63, 3.8) is 0 Å². The molecule has 1 aliphatic rings. The highest BCUT2D eigenvalue weighted by molar-refractivity contribution is 5.90. The van der Waals surface area contributed by atoms with Crippen LogP contribution in [0.15, 0.2) is 36.5 Å². The van der Waals surface area contributed by atoms with Crippen molar-refractivity contribution >= 4 is 16.6 Å². The molecule has 3 nitrogen and oxygen atoms in total. The molecule has 3 rings (SSSR count). The van der Waals surface area contributed by atoms with E-state index in [2.05, 4.69) is 34.6 Å². The van der Waals surface area contributed by atoms with Crippen molar-refractivity contribution in [1.29, 1.82) is 0 Å². The van der Waals surface area contributed by atoms with E-state index in [4.69, 9.17) is 5.73 Å². The summed E-state index contributed by atoms with van der Waals surface area (Å²) in [6.45, 7) is 1.04. The third kappa shape index (κ3) is 2.87. The summed E-state index contributed by atoms with van der Waals surface area (Å²) >= 11 is 0. The van der Waals surface area contributed by atoms with Gasteiger partial charge in [-0.15, -0.1) is 0 Å². The number of nitrogens with one attached hydrogen (secondary N) is 1. The molecular weight excluding hydrogens is 234 g/mol. The summed E-state index contributed by atoms with van der Waals surface area (Å²) in [6, 6.07) is 10.8. The first-order chi connectivity index (χ1) is 9.33. The van der Waals surface area contributed by atoms with Gasteiger partial charge in [-0.3, -0.25) is 4.98 Å². The number of nitrogens with two attached hydrogens (primary N) is 1. The van der Waals surface area contributed by atoms with E-state index in [-0.39, 0.29) is 0 Å². The molecule has 0 amide bonds. The van der Waals surface area contributed by atoms with Gasteiger partial charge in [-0.1, -0.05) is 18.2 Å². The van der Waals surface area contributed by atoms with Gasteiger partial charge in [0.2, 0.25) is 0 Å². The van der Waals surface area contributed by atoms with E-state index < -0.39 is 0 Å². The molecule has 0 aliphatic heterocycles. The zero-order chi connectivity index (χ0) is 13.1. The predicted molar refractivity (Wildman–Crippen MR) is 80.2 cm³/mol. The van der Waals surface area contributed by atoms with Crippen molar-refractivity contribution in [3.05, 3.63) is 36.5 Å². The van der Waals surface area contributed by atoms with Crippen LogP contribution in [0.1, 0.15) is 25.7 Å². The summed E-state index contributed by atoms with van der Waals surface area (Å²) in [7, 11) is 0. The van der Waals surface area contributed by atoms with Crippen molar-refractivity contribution in [2.75, 3.05) is 11.9 Å². The quantitative estimate of drug-likeness (QED) is 0.885. The Morgan fingerprint density at radius 1 is 1.11 bits per heavy atom. The number of benzene rings is 1. The summed E-state index contributed by atoms with van der Waals surface area (Å²) < 4.78 is 0. The summed E-state index contributed by atoms with van der Waals surface area (Å²) in [5.74, 6) is 0.756. The smallest absolute Gasteiger partial charge is 0.0722 e. The SMILES string of the molecule is NC1CCC(CNc2ccnc3ccccc23)CC1. The van der Waals surface area contributed by atoms with Crippen molar-refractivity contribution in [2.45, 2.75) is 31.7 Å². The van der Waals surface area contributed by atoms with Gasteiger partial charge in [0.05, 0.1) is 5.52 Å². The van der Waals surface area contributed by atoms with Crippen molar-refractivity contribution < 1.29 is 0 Å². The molecule has 1 aromatic heterocycles. The molecular formula is C16H21N3. The molecule has 2 aromatic rings. The maximum absolute atomic E-state index is 5.95. The van der Waals surface area contributed by atoms with E-state index in [9.17, 15) is 0 Å². The maximum Gasteiger partial charge on any atom is 0.0722 e. The van der Waals surface area contributed by atoms with Crippen LogP contribution in [0.25, 0.3) is 10.9 Å². The molecule has 19 heavy (non-hydrogen) atoms. The third-order valence-electron chi connectivity index (χ3n) is 4.12. The van der Waals surface area contributed by atoms with Gasteiger partial charge < -0.3 is 11.1 Å². The first-order valence-corrected chi connectivity index (χ1v) is 7.16. The van der Waals surface area contributed by atoms with Crippen LogP contribution in [0, 0.1) is 5.92 Å². The highest BCUT2D eigenvalue weighted by atomic mass is 14.9. The second-order valence-corrected chi connectivity index (χ2v) is 5.54. The summed E-state index contributed by atoms with van der Waals surface area (Å²) in [5.41, 5.74) is 8.20. The number of pyridine rings is 1. The minimum Gasteiger partial charge on any atom is -0.384 e. The van der Waals surface area contributed by atoms with Crippen LogP contribution in [0.3, 0.4) is 0 Å². The Morgan fingerprint density at radius 2 is 1.89 bits per heavy atom. The summed E-state index contributed by atoms with van der Waals surface area (Å²) in [5, 5.41) is 4.80. The van der Waals surface area contributed by atoms with Gasteiger partial charge in [0.15, 0.2) is 0 Å². The number of hydrogen-bond donors (Lipinski definition) is 2. The van der Waals surface area contributed by atoms with Crippen molar-refractivity contribution in [1.82, 2.24) is 4.98 Å². The number of para-hydroxylation sites is 1. The highest BCUT2D eigenvalue weighted by Gasteiger charge is 2.18. The molecule has 1 aliphatic carbocycles. The molecule has 100 valence electrons. The number of anilines is 1. The van der Waals surface area contributed by atoms with E-state index in [1.807, 2.05) is 12.3 Å². The van der Waals surface area contributed by atoms with Crippen LogP contribution < -0.4 is 11.1 Å². The van der Waals surface area contributed by atoms with Crippen LogP contribution >= 0.6 is 0 Å². The van der Waals surface area contributed by atoms with E-state index in [0.29, 0.717) is 6.04 Å². The lowest BCUT2D eigenvalue weighted by molar-refractivity contribution is 0.339. The fraction of sp³-hybridized carbons (Fsp3) is 0.438. The Labute approximate surface area is 114 Å². The van der Waals surface area contributed by atoms with E-state index in [0.717, 1.165) is 18.0 Å². The normalized spacial score (nSPS) is 23.4. The molecule has 0 spiro atoms. The van der Waals surface area contributed by atoms with E-state index in [1.54, 1.807) is 0 Å². The zero-order valence-corrected chi connectivity index (χ0v) is 11.2. The number of nitrogens with zero attached hydrogens (tertiary/aromatic N) is 1. The van der Waals surface area contributed by atoms with Crippen molar-refractivity contribution in [2.24, 2.45) is 11.7 Å². The van der Waals surface area contributed by atoms with Gasteiger partial charge in [-0.2, -0.15) is 0 Å². The monoisotopic (exact) mass is 255 g/mol. The predicted octanol–water partition coefficient (Wildman–Crippen LogP) is 3.16. The molecule has 0 bridgehead atoms. The van der Waals surface area contributed by atoms with Crippen LogP contribution in [-0.4, -0.2) is 17.6 Å². The minimum atomic E-state index is 0.429. The summed E-state index contributed by atoms with van der Waals surface area (Å²) in [6.07, 6.45) is 6.71. The third-order valence-corrected chi connectivity index (χ3v) is 4.12. The van der Waals surface area contributed by atoms with Gasteiger partial charge in [0.25, 0.3) is 0 Å². The molecule has 3 N–H and O–H groups in total. The minimum absolute atomic E-state index is 0.429. The summed E-state index contributed by atoms with van der Waals surface area (Å²) in [4.78, 5) is 4.39. The number of aromatic nitrogens is 1. The second kappa shape index (κ2) is 5.57. The fourth-order valence-electron chi connectivity index (χ4n) is 2.90. The molecule has 1 saturated carbocycles. The highest BCUT2D eigenvalue weighted by Crippen LogP contribution is 2.25. The lowest BCUT2D eigenvalue weighted by atomic mass is 9.86. The molecule has 0 saturated heterocycles. The van der Waals surface area contributed by atoms with Gasteiger partial charge >= 0.3 is 0 Å². The molecule has 0 atom stereocenters. The zero-order valence-electron chi connectivity index (χ0n) is 11.2. The first kappa shape index (κ1) is 12.4. The van der Waals surface area contributed by atoms with E-state index >= 15 is 0 Å². The number of rotatable bonds is 3. The number of hydrogen-bond acceptors (Lipinski definition) is 3. The topological polar surface area (TPSA) is 50.9 Å². The van der Waals surface area contributed by atoms with Crippen molar-refractivity contribution in [3.8, 4) is 0 Å². The lowest BCUT2D eigenvalue weighted by Crippen LogP contribution is -2.29. The van der Waals surface area contributed by atoms with Gasteiger partial charge in [0.1, 0.15) is 0 Å². The molecule has 3 heteroatoms. The van der Waals surface area contributed by atoms with Crippen LogP contribution in [-0.2, 0) is 0 Å². The Kier molecular flexibility index (Phi) is 3.65. The van der Waals surface area contributed by atoms with E-state index in [1.165, 1.54) is 36.8 Å². The molecule has 1 aromatic carbocycles. The van der Waals surface area contributed by atoms with Crippen LogP contribution in [0.4, 0.5) is 5.69 Å². The average molecular weight is 255 g/mol. The lowest BCUT2D eigenvalue weighted by Gasteiger charge is -2.26. The molecule has 1 heterocycles.